The Morgan fingerprint density at radius 3 is 1.44 bits per heavy atom. The first-order valence-corrected chi connectivity index (χ1v) is 25.3. The fourth-order valence-electron chi connectivity index (χ4n) is 7.85. The number of hydrogen-bond acceptors (Lipinski definition) is 14. The van der Waals surface area contributed by atoms with Crippen LogP contribution in [0.1, 0.15) is 40.6 Å². The van der Waals surface area contributed by atoms with Gasteiger partial charge in [0, 0.05) is 70.9 Å². The van der Waals surface area contributed by atoms with Gasteiger partial charge < -0.3 is 36.3 Å². The predicted octanol–water partition coefficient (Wildman–Crippen LogP) is 3.94. The summed E-state index contributed by atoms with van der Waals surface area (Å²) in [6.07, 6.45) is 7.79. The first-order valence-electron chi connectivity index (χ1n) is 21.6. The van der Waals surface area contributed by atoms with Crippen LogP contribution in [0.3, 0.4) is 0 Å². The molecule has 372 valence electrons. The summed E-state index contributed by atoms with van der Waals surface area (Å²) in [4.78, 5) is 31.1. The SMILES string of the molecule is CCOC(=O)Cc1ccccc1OCc1cc(-c2ccnc(CN)c2F)c2ccn(S(C)(=O)=O)c2c1.CS(=O)(=O)n1ccc2c(-c3ccnc(CN)c3F)cc(COc3ccccc3CC(=O)O)cc21.[Li+].[OH-]. The number of rotatable bonds is 17. The van der Waals surface area contributed by atoms with Gasteiger partial charge in [0.25, 0.3) is 0 Å². The largest absolute Gasteiger partial charge is 1.00 e. The van der Waals surface area contributed by atoms with Crippen LogP contribution in [0, 0.1) is 11.6 Å². The standard InChI is InChI=1S/C26H26FN3O5S.C24H22FN3O5S.Li.H2O/c1-3-34-25(31)14-18-6-4-5-7-24(18)35-16-17-12-21(20-8-10-29-22(15-28)26(20)27)19-9-11-30(23(19)13-17)36(2,32)33;1-34(31,32)28-9-7-17-19(18-6-8-27-20(13-26)24(18)25)10-15(11-21(17)28)14-33-22-5-3-2-4-16(22)12-23(29)30;;/h4-13H,3,14-16,28H2,1-2H3;2-11H,12-14,26H2,1H3,(H,29,30);;1H2/q;;+1;/p-1. The summed E-state index contributed by atoms with van der Waals surface area (Å²) in [6.45, 7) is 1.91. The number of nitrogens with two attached hydrogens (primary N) is 2. The van der Waals surface area contributed by atoms with Crippen LogP contribution < -0.4 is 39.8 Å². The normalized spacial score (nSPS) is 11.3. The maximum Gasteiger partial charge on any atom is 1.00 e. The van der Waals surface area contributed by atoms with E-state index in [4.69, 9.17) is 30.8 Å². The van der Waals surface area contributed by atoms with Crippen LogP contribution in [-0.4, -0.2) is 76.4 Å². The molecule has 0 amide bonds. The number of benzene rings is 4. The van der Waals surface area contributed by atoms with Gasteiger partial charge in [0.1, 0.15) is 24.7 Å². The Hall–Kier alpha value is -6.96. The molecule has 8 aromatic rings. The maximum absolute atomic E-state index is 15.2. The van der Waals surface area contributed by atoms with E-state index in [-0.39, 0.29) is 98.6 Å². The number of hydrogen-bond donors (Lipinski definition) is 3. The molecule has 0 bridgehead atoms. The van der Waals surface area contributed by atoms with Crippen LogP contribution >= 0.6 is 0 Å². The van der Waals surface area contributed by atoms with Gasteiger partial charge in [-0.25, -0.2) is 33.6 Å². The number of para-hydroxylation sites is 2. The first-order chi connectivity index (χ1) is 33.4. The molecule has 0 saturated heterocycles. The third-order valence-electron chi connectivity index (χ3n) is 11.0. The van der Waals surface area contributed by atoms with Crippen molar-refractivity contribution < 1.29 is 78.9 Å². The Morgan fingerprint density at radius 2 is 1.06 bits per heavy atom. The van der Waals surface area contributed by atoms with Crippen molar-refractivity contribution in [1.82, 2.24) is 17.9 Å². The zero-order valence-corrected chi connectivity index (χ0v) is 41.2. The van der Waals surface area contributed by atoms with E-state index in [1.54, 1.807) is 91.9 Å². The topological polar surface area (TPSA) is 268 Å². The molecule has 8 rings (SSSR count). The van der Waals surface area contributed by atoms with Crippen molar-refractivity contribution in [3.8, 4) is 33.8 Å². The fraction of sp³-hybridized carbons (Fsp3) is 0.200. The van der Waals surface area contributed by atoms with Gasteiger partial charge in [-0.05, 0) is 89.8 Å². The van der Waals surface area contributed by atoms with Crippen LogP contribution in [0.4, 0.5) is 8.78 Å². The Labute approximate surface area is 426 Å². The summed E-state index contributed by atoms with van der Waals surface area (Å²) in [5.74, 6) is -1.62. The minimum Gasteiger partial charge on any atom is -0.870 e. The van der Waals surface area contributed by atoms with Gasteiger partial charge in [0.15, 0.2) is 11.6 Å². The molecule has 72 heavy (non-hydrogen) atoms. The molecule has 0 fully saturated rings. The second kappa shape index (κ2) is 24.0. The van der Waals surface area contributed by atoms with Crippen LogP contribution in [0.5, 0.6) is 11.5 Å². The minimum absolute atomic E-state index is 0. The molecule has 0 spiro atoms. The van der Waals surface area contributed by atoms with Gasteiger partial charge in [-0.2, -0.15) is 0 Å². The minimum atomic E-state index is -3.63. The Balaban J connectivity index is 0.000000261. The molecule has 0 unspecified atom stereocenters. The third kappa shape index (κ3) is 12.7. The summed E-state index contributed by atoms with van der Waals surface area (Å²) in [7, 11) is -7.25. The number of carboxylic acid groups (broad SMARTS) is 1. The van der Waals surface area contributed by atoms with Crippen molar-refractivity contribution in [2.75, 3.05) is 19.1 Å². The molecule has 4 aromatic carbocycles. The zero-order chi connectivity index (χ0) is 50.3. The molecule has 0 saturated carbocycles. The summed E-state index contributed by atoms with van der Waals surface area (Å²) in [5.41, 5.74) is 16.0. The van der Waals surface area contributed by atoms with Gasteiger partial charge in [0.05, 0.1) is 54.4 Å². The fourth-order valence-corrected chi connectivity index (χ4v) is 9.43. The average molecular weight is 1020 g/mol. The maximum atomic E-state index is 15.2. The predicted molar refractivity (Wildman–Crippen MR) is 262 cm³/mol. The molecule has 4 aromatic heterocycles. The summed E-state index contributed by atoms with van der Waals surface area (Å²) in [6, 6.07) is 27.0. The van der Waals surface area contributed by atoms with Crippen molar-refractivity contribution in [2.45, 2.75) is 46.1 Å². The van der Waals surface area contributed by atoms with Crippen molar-refractivity contribution in [3.05, 3.63) is 167 Å². The van der Waals surface area contributed by atoms with Gasteiger partial charge in [-0.1, -0.05) is 36.4 Å². The molecular formula is C50H49F2LiN6O11S2. The molecule has 0 aliphatic rings. The number of aromatic nitrogens is 4. The third-order valence-corrected chi connectivity index (χ3v) is 13.1. The van der Waals surface area contributed by atoms with Crippen LogP contribution in [0.25, 0.3) is 44.1 Å². The number of carboxylic acids is 1. The van der Waals surface area contributed by atoms with Crippen LogP contribution in [-0.2, 0) is 73.5 Å². The summed E-state index contributed by atoms with van der Waals surface area (Å²) >= 11 is 0. The van der Waals surface area contributed by atoms with Gasteiger partial charge in [0.2, 0.25) is 20.0 Å². The number of aliphatic carboxylic acids is 1. The van der Waals surface area contributed by atoms with Gasteiger partial charge in [-0.15, -0.1) is 0 Å². The van der Waals surface area contributed by atoms with Crippen LogP contribution in [0.15, 0.2) is 122 Å². The number of nitrogens with zero attached hydrogens (tertiary/aromatic N) is 4. The Morgan fingerprint density at radius 1 is 0.639 bits per heavy atom. The first kappa shape index (κ1) is 56.0. The number of halogens is 2. The zero-order valence-electron chi connectivity index (χ0n) is 39.6. The molecule has 22 heteroatoms. The molecule has 4 heterocycles. The van der Waals surface area contributed by atoms with E-state index in [2.05, 4.69) is 9.97 Å². The Bertz CT molecular complexity index is 3500. The second-order valence-corrected chi connectivity index (χ2v) is 19.6. The molecular weight excluding hydrogens is 970 g/mol. The van der Waals surface area contributed by atoms with Crippen molar-refractivity contribution in [2.24, 2.45) is 11.5 Å². The number of ether oxygens (including phenoxy) is 3. The Kier molecular flexibility index (Phi) is 18.6. The van der Waals surface area contributed by atoms with E-state index in [0.717, 1.165) is 20.5 Å². The molecule has 17 nitrogen and oxygen atoms in total. The van der Waals surface area contributed by atoms with E-state index < -0.39 is 37.7 Å². The number of carbonyl (C=O) groups is 2. The summed E-state index contributed by atoms with van der Waals surface area (Å²) in [5, 5.41) is 10.2. The van der Waals surface area contributed by atoms with E-state index in [9.17, 15) is 26.4 Å². The molecule has 0 aliphatic heterocycles. The number of pyridine rings is 2. The van der Waals surface area contributed by atoms with E-state index in [1.807, 2.05) is 0 Å². The smallest absolute Gasteiger partial charge is 0.870 e. The monoisotopic (exact) mass is 1020 g/mol. The molecule has 6 N–H and O–H groups in total. The second-order valence-electron chi connectivity index (χ2n) is 15.9. The number of carbonyl (C=O) groups excluding carboxylic acids is 1. The molecule has 0 aliphatic carbocycles. The molecule has 0 atom stereocenters. The van der Waals surface area contributed by atoms with Crippen LogP contribution in [0.2, 0.25) is 0 Å². The van der Waals surface area contributed by atoms with E-state index in [1.165, 1.54) is 36.9 Å². The van der Waals surface area contributed by atoms with Gasteiger partial charge >= 0.3 is 30.8 Å². The number of esters is 1. The number of fused-ring (bicyclic) bond motifs is 2. The van der Waals surface area contributed by atoms with Crippen molar-refractivity contribution in [3.63, 3.8) is 0 Å². The summed E-state index contributed by atoms with van der Waals surface area (Å²) < 4.78 is 99.0. The van der Waals surface area contributed by atoms with Crippen molar-refractivity contribution in [1.29, 1.82) is 0 Å². The van der Waals surface area contributed by atoms with E-state index >= 15 is 8.78 Å². The van der Waals surface area contributed by atoms with Gasteiger partial charge in [-0.3, -0.25) is 19.6 Å². The van der Waals surface area contributed by atoms with E-state index in [0.29, 0.717) is 66.7 Å². The average Bonchev–Trinajstić information content (AvgIpc) is 3.97. The molecule has 0 radical (unpaired) electrons. The van der Waals surface area contributed by atoms with Crippen molar-refractivity contribution >= 4 is 53.8 Å². The quantitative estimate of drug-likeness (QED) is 0.0862.